The van der Waals surface area contributed by atoms with E-state index in [1.807, 2.05) is 50.2 Å². The number of hydrogen-bond acceptors (Lipinski definition) is 6. The highest BCUT2D eigenvalue weighted by Gasteiger charge is 2.53. The second-order valence-corrected chi connectivity index (χ2v) is 9.82. The van der Waals surface area contributed by atoms with Gasteiger partial charge in [0.25, 0.3) is 0 Å². The number of nitrogens with two attached hydrogens (primary N) is 1. The Bertz CT molecular complexity index is 1130. The van der Waals surface area contributed by atoms with Crippen molar-refractivity contribution >= 4 is 17.8 Å². The topological polar surface area (TPSA) is 110 Å². The predicted molar refractivity (Wildman–Crippen MR) is 132 cm³/mol. The lowest BCUT2D eigenvalue weighted by atomic mass is 9.87. The van der Waals surface area contributed by atoms with Gasteiger partial charge in [0.15, 0.2) is 5.96 Å². The van der Waals surface area contributed by atoms with Crippen molar-refractivity contribution in [1.82, 2.24) is 15.2 Å². The van der Waals surface area contributed by atoms with Crippen LogP contribution in [0.25, 0.3) is 0 Å². The quantitative estimate of drug-likeness (QED) is 0.637. The Morgan fingerprint density at radius 3 is 2.77 bits per heavy atom. The Labute approximate surface area is 206 Å². The number of ether oxygens (including phenoxy) is 1. The number of benzene rings is 1. The summed E-state index contributed by atoms with van der Waals surface area (Å²) in [5.41, 5.74) is 7.87. The van der Waals surface area contributed by atoms with E-state index in [1.54, 1.807) is 17.3 Å². The number of carbonyl (C=O) groups excluding carboxylic acids is 2. The number of pyridine rings is 1. The first-order valence-corrected chi connectivity index (χ1v) is 12.6. The third-order valence-electron chi connectivity index (χ3n) is 7.82. The summed E-state index contributed by atoms with van der Waals surface area (Å²) in [6, 6.07) is 11.2. The highest BCUT2D eigenvalue weighted by molar-refractivity contribution is 5.99. The van der Waals surface area contributed by atoms with Crippen molar-refractivity contribution in [1.29, 1.82) is 0 Å². The van der Waals surface area contributed by atoms with E-state index in [0.29, 0.717) is 19.4 Å². The van der Waals surface area contributed by atoms with E-state index in [0.717, 1.165) is 36.1 Å². The SMILES string of the molecule is CCC1(CC)CC(=O)N(C(c2cccnc2)C2CC2C(=O)NC2CCOc3ccccc32)C(N)=N1. The molecule has 2 amide bonds. The maximum atomic E-state index is 13.4. The van der Waals surface area contributed by atoms with Crippen LogP contribution in [0.1, 0.15) is 69.2 Å². The molecule has 4 unspecified atom stereocenters. The van der Waals surface area contributed by atoms with Crippen molar-refractivity contribution in [2.45, 2.75) is 63.6 Å². The second kappa shape index (κ2) is 9.32. The van der Waals surface area contributed by atoms with E-state index < -0.39 is 5.54 Å². The standard InChI is InChI=1S/C27H33N5O3/c1-3-27(4-2)15-23(33)32(26(28)31-27)24(17-8-7-12-29-16-17)19-14-20(19)25(34)30-21-11-13-35-22-10-6-5-9-18(21)22/h5-10,12,16,19-21,24H,3-4,11,13-15H2,1-2H3,(H2,28,31)(H,30,34). The first-order valence-electron chi connectivity index (χ1n) is 12.6. The third-order valence-corrected chi connectivity index (χ3v) is 7.82. The molecule has 8 heteroatoms. The number of nitrogens with zero attached hydrogens (tertiary/aromatic N) is 3. The summed E-state index contributed by atoms with van der Waals surface area (Å²) in [6.45, 7) is 4.65. The van der Waals surface area contributed by atoms with E-state index in [-0.39, 0.29) is 41.7 Å². The number of para-hydroxylation sites is 1. The van der Waals surface area contributed by atoms with Gasteiger partial charge in [-0.05, 0) is 42.9 Å². The molecule has 3 N–H and O–H groups in total. The third kappa shape index (κ3) is 4.37. The first-order chi connectivity index (χ1) is 17.0. The Morgan fingerprint density at radius 1 is 1.26 bits per heavy atom. The maximum Gasteiger partial charge on any atom is 0.232 e. The fourth-order valence-corrected chi connectivity index (χ4v) is 5.56. The smallest absolute Gasteiger partial charge is 0.232 e. The van der Waals surface area contributed by atoms with Crippen LogP contribution < -0.4 is 15.8 Å². The normalized spacial score (nSPS) is 25.7. The average molecular weight is 476 g/mol. The van der Waals surface area contributed by atoms with Crippen LogP contribution in [0.3, 0.4) is 0 Å². The number of guanidine groups is 1. The number of aromatic nitrogens is 1. The van der Waals surface area contributed by atoms with Crippen LogP contribution in [0.2, 0.25) is 0 Å². The molecule has 2 aliphatic heterocycles. The summed E-state index contributed by atoms with van der Waals surface area (Å²) in [5.74, 6) is 0.759. The van der Waals surface area contributed by atoms with Crippen LogP contribution in [-0.4, -0.2) is 39.8 Å². The van der Waals surface area contributed by atoms with E-state index >= 15 is 0 Å². The van der Waals surface area contributed by atoms with Gasteiger partial charge in [-0.1, -0.05) is 38.1 Å². The largest absolute Gasteiger partial charge is 0.493 e. The Morgan fingerprint density at radius 2 is 2.06 bits per heavy atom. The fraction of sp³-hybridized carbons (Fsp3) is 0.481. The van der Waals surface area contributed by atoms with Gasteiger partial charge in [0.2, 0.25) is 11.8 Å². The van der Waals surface area contributed by atoms with Crippen molar-refractivity contribution < 1.29 is 14.3 Å². The van der Waals surface area contributed by atoms with Crippen LogP contribution in [0.15, 0.2) is 53.8 Å². The van der Waals surface area contributed by atoms with E-state index in [2.05, 4.69) is 10.3 Å². The van der Waals surface area contributed by atoms with E-state index in [9.17, 15) is 9.59 Å². The molecule has 3 aliphatic rings. The van der Waals surface area contributed by atoms with Gasteiger partial charge in [-0.25, -0.2) is 4.99 Å². The molecule has 8 nitrogen and oxygen atoms in total. The summed E-state index contributed by atoms with van der Waals surface area (Å²) in [6.07, 6.45) is 6.70. The Kier molecular flexibility index (Phi) is 6.21. The van der Waals surface area contributed by atoms with Crippen molar-refractivity contribution in [3.05, 3.63) is 59.9 Å². The number of hydrogen-bond donors (Lipinski definition) is 2. The number of fused-ring (bicyclic) bond motifs is 1. The molecule has 4 atom stereocenters. The fourth-order valence-electron chi connectivity index (χ4n) is 5.56. The monoisotopic (exact) mass is 475 g/mol. The molecule has 3 heterocycles. The van der Waals surface area contributed by atoms with Gasteiger partial charge in [0.1, 0.15) is 5.75 Å². The zero-order valence-corrected chi connectivity index (χ0v) is 20.3. The number of aliphatic imine (C=N–C) groups is 1. The molecule has 184 valence electrons. The molecule has 0 spiro atoms. The molecule has 0 saturated heterocycles. The lowest BCUT2D eigenvalue weighted by Gasteiger charge is -2.40. The molecule has 35 heavy (non-hydrogen) atoms. The van der Waals surface area contributed by atoms with E-state index in [4.69, 9.17) is 15.5 Å². The molecule has 1 aromatic carbocycles. The van der Waals surface area contributed by atoms with Gasteiger partial charge < -0.3 is 15.8 Å². The van der Waals surface area contributed by atoms with Crippen LogP contribution in [-0.2, 0) is 9.59 Å². The minimum absolute atomic E-state index is 0.00188. The zero-order chi connectivity index (χ0) is 24.6. The van der Waals surface area contributed by atoms with Gasteiger partial charge in [0, 0.05) is 30.3 Å². The molecule has 1 aromatic heterocycles. The lowest BCUT2D eigenvalue weighted by molar-refractivity contribution is -0.132. The molecule has 1 saturated carbocycles. The van der Waals surface area contributed by atoms with Crippen LogP contribution in [0.5, 0.6) is 5.75 Å². The van der Waals surface area contributed by atoms with Crippen molar-refractivity contribution in [2.24, 2.45) is 22.6 Å². The summed E-state index contributed by atoms with van der Waals surface area (Å²) in [4.78, 5) is 37.5. The van der Waals surface area contributed by atoms with Crippen molar-refractivity contribution in [2.75, 3.05) is 6.61 Å². The molecule has 0 radical (unpaired) electrons. The molecular formula is C27H33N5O3. The first kappa shape index (κ1) is 23.3. The maximum absolute atomic E-state index is 13.4. The number of nitrogens with one attached hydrogen (secondary N) is 1. The number of carbonyl (C=O) groups is 2. The molecule has 1 fully saturated rings. The second-order valence-electron chi connectivity index (χ2n) is 9.82. The van der Waals surface area contributed by atoms with Crippen LogP contribution in [0.4, 0.5) is 0 Å². The molecular weight excluding hydrogens is 442 g/mol. The number of amides is 2. The summed E-state index contributed by atoms with van der Waals surface area (Å²) >= 11 is 0. The Balaban J connectivity index is 1.39. The van der Waals surface area contributed by atoms with Crippen LogP contribution in [0, 0.1) is 11.8 Å². The summed E-state index contributed by atoms with van der Waals surface area (Å²) in [5, 5.41) is 3.23. The van der Waals surface area contributed by atoms with Crippen molar-refractivity contribution in [3.63, 3.8) is 0 Å². The highest BCUT2D eigenvalue weighted by atomic mass is 16.5. The molecule has 5 rings (SSSR count). The van der Waals surface area contributed by atoms with E-state index in [1.165, 1.54) is 0 Å². The van der Waals surface area contributed by atoms with Gasteiger partial charge in [-0.2, -0.15) is 0 Å². The lowest BCUT2D eigenvalue weighted by Crippen LogP contribution is -2.53. The molecule has 2 aromatic rings. The van der Waals surface area contributed by atoms with Crippen LogP contribution >= 0.6 is 0 Å². The van der Waals surface area contributed by atoms with Gasteiger partial charge in [-0.15, -0.1) is 0 Å². The van der Waals surface area contributed by atoms with Gasteiger partial charge in [0.05, 0.1) is 30.7 Å². The van der Waals surface area contributed by atoms with Gasteiger partial charge in [-0.3, -0.25) is 19.5 Å². The summed E-state index contributed by atoms with van der Waals surface area (Å²) in [7, 11) is 0. The van der Waals surface area contributed by atoms with Gasteiger partial charge >= 0.3 is 0 Å². The minimum Gasteiger partial charge on any atom is -0.493 e. The van der Waals surface area contributed by atoms with Crippen molar-refractivity contribution in [3.8, 4) is 5.75 Å². The molecule has 1 aliphatic carbocycles. The predicted octanol–water partition coefficient (Wildman–Crippen LogP) is 3.50. The summed E-state index contributed by atoms with van der Waals surface area (Å²) < 4.78 is 5.74. The zero-order valence-electron chi connectivity index (χ0n) is 20.3. The molecule has 0 bridgehead atoms. The minimum atomic E-state index is -0.450. The highest BCUT2D eigenvalue weighted by Crippen LogP contribution is 2.51. The average Bonchev–Trinajstić information content (AvgIpc) is 3.67. The Hall–Kier alpha value is -3.42. The number of rotatable bonds is 7.